The van der Waals surface area contributed by atoms with Crippen molar-refractivity contribution in [1.29, 1.82) is 5.26 Å². The van der Waals surface area contributed by atoms with Crippen LogP contribution < -0.4 is 9.47 Å². The SMILES string of the molecule is CC(C#N)(COC1CCCCO1)c1ccc2c(c1)OC(F)(F)O2. The van der Waals surface area contributed by atoms with Crippen molar-refractivity contribution in [3.8, 4) is 17.6 Å². The van der Waals surface area contributed by atoms with Crippen molar-refractivity contribution in [3.63, 3.8) is 0 Å². The maximum Gasteiger partial charge on any atom is 0.586 e. The highest BCUT2D eigenvalue weighted by molar-refractivity contribution is 5.48. The van der Waals surface area contributed by atoms with E-state index in [1.165, 1.54) is 12.1 Å². The largest absolute Gasteiger partial charge is 0.586 e. The third-order valence-corrected chi connectivity index (χ3v) is 3.98. The van der Waals surface area contributed by atoms with E-state index in [4.69, 9.17) is 9.47 Å². The number of hydrogen-bond acceptors (Lipinski definition) is 5. The van der Waals surface area contributed by atoms with Crippen molar-refractivity contribution < 1.29 is 27.7 Å². The number of rotatable bonds is 4. The third kappa shape index (κ3) is 3.38. The van der Waals surface area contributed by atoms with Gasteiger partial charge in [0.05, 0.1) is 12.7 Å². The van der Waals surface area contributed by atoms with E-state index in [0.717, 1.165) is 19.3 Å². The standard InChI is InChI=1S/C16H17F2NO4/c1-15(9-19,10-21-14-4-2-3-7-20-14)11-5-6-12-13(8-11)23-16(17,18)22-12/h5-6,8,14H,2-4,7,10H2,1H3. The van der Waals surface area contributed by atoms with Gasteiger partial charge in [-0.1, -0.05) is 6.07 Å². The molecule has 0 aromatic heterocycles. The summed E-state index contributed by atoms with van der Waals surface area (Å²) in [5.74, 6) is -0.126. The molecule has 124 valence electrons. The zero-order valence-electron chi connectivity index (χ0n) is 12.7. The van der Waals surface area contributed by atoms with E-state index < -0.39 is 11.7 Å². The van der Waals surface area contributed by atoms with E-state index in [2.05, 4.69) is 15.5 Å². The molecule has 2 heterocycles. The summed E-state index contributed by atoms with van der Waals surface area (Å²) in [6.07, 6.45) is -1.18. The minimum absolute atomic E-state index is 0.0458. The van der Waals surface area contributed by atoms with Gasteiger partial charge in [-0.2, -0.15) is 5.26 Å². The van der Waals surface area contributed by atoms with Crippen molar-refractivity contribution in [2.24, 2.45) is 0 Å². The number of ether oxygens (including phenoxy) is 4. The fraction of sp³-hybridized carbons (Fsp3) is 0.562. The molecule has 0 amide bonds. The predicted octanol–water partition coefficient (Wildman–Crippen LogP) is 3.33. The molecule has 0 aliphatic carbocycles. The third-order valence-electron chi connectivity index (χ3n) is 3.98. The van der Waals surface area contributed by atoms with Gasteiger partial charge in [0.1, 0.15) is 5.41 Å². The fourth-order valence-corrected chi connectivity index (χ4v) is 2.57. The maximum absolute atomic E-state index is 13.1. The molecule has 0 bridgehead atoms. The van der Waals surface area contributed by atoms with Gasteiger partial charge in [0, 0.05) is 6.61 Å². The number of nitrogens with zero attached hydrogens (tertiary/aromatic N) is 1. The van der Waals surface area contributed by atoms with Crippen LogP contribution in [0.5, 0.6) is 11.5 Å². The zero-order chi connectivity index (χ0) is 16.5. The van der Waals surface area contributed by atoms with Crippen LogP contribution in [0.3, 0.4) is 0 Å². The number of halogens is 2. The normalized spacial score (nSPS) is 24.7. The van der Waals surface area contributed by atoms with Gasteiger partial charge in [0.25, 0.3) is 0 Å². The lowest BCUT2D eigenvalue weighted by Crippen LogP contribution is -2.32. The molecule has 1 fully saturated rings. The van der Waals surface area contributed by atoms with Crippen LogP contribution in [0.25, 0.3) is 0 Å². The van der Waals surface area contributed by atoms with Crippen LogP contribution in [0.4, 0.5) is 8.78 Å². The Balaban J connectivity index is 1.74. The highest BCUT2D eigenvalue weighted by Crippen LogP contribution is 2.43. The van der Waals surface area contributed by atoms with Crippen molar-refractivity contribution >= 4 is 0 Å². The van der Waals surface area contributed by atoms with E-state index in [1.807, 2.05) is 0 Å². The molecule has 1 aromatic rings. The monoisotopic (exact) mass is 325 g/mol. The number of benzene rings is 1. The number of fused-ring (bicyclic) bond motifs is 1. The summed E-state index contributed by atoms with van der Waals surface area (Å²) in [6, 6.07) is 6.52. The minimum Gasteiger partial charge on any atom is -0.395 e. The first-order chi connectivity index (χ1) is 10.9. The number of alkyl halides is 2. The minimum atomic E-state index is -3.67. The van der Waals surface area contributed by atoms with E-state index in [9.17, 15) is 14.0 Å². The summed E-state index contributed by atoms with van der Waals surface area (Å²) in [5.41, 5.74) is -0.479. The smallest absolute Gasteiger partial charge is 0.395 e. The van der Waals surface area contributed by atoms with Gasteiger partial charge >= 0.3 is 6.29 Å². The molecule has 1 aromatic carbocycles. The van der Waals surface area contributed by atoms with Crippen molar-refractivity contribution in [3.05, 3.63) is 23.8 Å². The van der Waals surface area contributed by atoms with Crippen molar-refractivity contribution in [2.45, 2.75) is 44.2 Å². The Bertz CT molecular complexity index is 625. The summed E-state index contributed by atoms with van der Waals surface area (Å²) in [4.78, 5) is 0. The number of hydrogen-bond donors (Lipinski definition) is 0. The Labute approximate surface area is 132 Å². The highest BCUT2D eigenvalue weighted by Gasteiger charge is 2.44. The topological polar surface area (TPSA) is 60.7 Å². The zero-order valence-corrected chi connectivity index (χ0v) is 12.7. The molecular weight excluding hydrogens is 308 g/mol. The Morgan fingerprint density at radius 1 is 1.35 bits per heavy atom. The molecule has 23 heavy (non-hydrogen) atoms. The number of nitriles is 1. The first-order valence-electron chi connectivity index (χ1n) is 7.47. The van der Waals surface area contributed by atoms with E-state index in [1.54, 1.807) is 13.0 Å². The van der Waals surface area contributed by atoms with E-state index >= 15 is 0 Å². The van der Waals surface area contributed by atoms with E-state index in [-0.39, 0.29) is 24.4 Å². The average molecular weight is 325 g/mol. The molecule has 0 saturated carbocycles. The van der Waals surface area contributed by atoms with Gasteiger partial charge in [0.2, 0.25) is 0 Å². The van der Waals surface area contributed by atoms with Crippen molar-refractivity contribution in [2.75, 3.05) is 13.2 Å². The first-order valence-corrected chi connectivity index (χ1v) is 7.47. The quantitative estimate of drug-likeness (QED) is 0.850. The molecule has 2 aliphatic heterocycles. The van der Waals surface area contributed by atoms with Crippen LogP contribution in [-0.2, 0) is 14.9 Å². The molecule has 0 N–H and O–H groups in total. The first kappa shape index (κ1) is 16.0. The summed E-state index contributed by atoms with van der Waals surface area (Å²) in [6.45, 7) is 2.43. The van der Waals surface area contributed by atoms with Crippen LogP contribution in [0.15, 0.2) is 18.2 Å². The van der Waals surface area contributed by atoms with Crippen molar-refractivity contribution in [1.82, 2.24) is 0 Å². The second-order valence-corrected chi connectivity index (χ2v) is 5.88. The molecule has 2 unspecified atom stereocenters. The lowest BCUT2D eigenvalue weighted by atomic mass is 9.84. The van der Waals surface area contributed by atoms with Gasteiger partial charge in [-0.15, -0.1) is 8.78 Å². The molecule has 3 rings (SSSR count). The van der Waals surface area contributed by atoms with Crippen LogP contribution >= 0.6 is 0 Å². The van der Waals surface area contributed by atoms with Gasteiger partial charge in [-0.25, -0.2) is 0 Å². The molecular formula is C16H17F2NO4. The van der Waals surface area contributed by atoms with E-state index in [0.29, 0.717) is 12.2 Å². The molecule has 2 aliphatic rings. The van der Waals surface area contributed by atoms with Gasteiger partial charge in [-0.05, 0) is 43.9 Å². The Morgan fingerprint density at radius 3 is 2.83 bits per heavy atom. The van der Waals surface area contributed by atoms with Crippen LogP contribution in [0, 0.1) is 11.3 Å². The Kier molecular flexibility index (Phi) is 4.13. The fourth-order valence-electron chi connectivity index (χ4n) is 2.57. The van der Waals surface area contributed by atoms with Crippen LogP contribution in [0.1, 0.15) is 31.7 Å². The Morgan fingerprint density at radius 2 is 2.13 bits per heavy atom. The second kappa shape index (κ2) is 5.95. The summed E-state index contributed by atoms with van der Waals surface area (Å²) in [7, 11) is 0. The van der Waals surface area contributed by atoms with Gasteiger partial charge in [-0.3, -0.25) is 0 Å². The predicted molar refractivity (Wildman–Crippen MR) is 75.2 cm³/mol. The molecule has 2 atom stereocenters. The second-order valence-electron chi connectivity index (χ2n) is 5.88. The molecule has 7 heteroatoms. The average Bonchev–Trinajstić information content (AvgIpc) is 2.86. The summed E-state index contributed by atoms with van der Waals surface area (Å²) < 4.78 is 46.1. The summed E-state index contributed by atoms with van der Waals surface area (Å²) >= 11 is 0. The molecule has 1 saturated heterocycles. The summed E-state index contributed by atoms with van der Waals surface area (Å²) in [5, 5.41) is 9.53. The van der Waals surface area contributed by atoms with Crippen LogP contribution in [0.2, 0.25) is 0 Å². The molecule has 0 radical (unpaired) electrons. The molecule has 5 nitrogen and oxygen atoms in total. The lowest BCUT2D eigenvalue weighted by Gasteiger charge is -2.28. The lowest BCUT2D eigenvalue weighted by molar-refractivity contribution is -0.286. The maximum atomic E-state index is 13.1. The van der Waals surface area contributed by atoms with Crippen LogP contribution in [-0.4, -0.2) is 25.8 Å². The van der Waals surface area contributed by atoms with Gasteiger partial charge in [0.15, 0.2) is 17.8 Å². The Hall–Kier alpha value is -1.91. The van der Waals surface area contributed by atoms with Gasteiger partial charge < -0.3 is 18.9 Å². The highest BCUT2D eigenvalue weighted by atomic mass is 19.3. The molecule has 0 spiro atoms.